The summed E-state index contributed by atoms with van der Waals surface area (Å²) >= 11 is 0. The van der Waals surface area contributed by atoms with Crippen LogP contribution in [0, 0.1) is 5.92 Å². The molecule has 1 heterocycles. The Hall–Kier alpha value is -2.83. The zero-order valence-corrected chi connectivity index (χ0v) is 19.3. The number of nitrogens with zero attached hydrogens (tertiary/aromatic N) is 1. The number of rotatable bonds is 8. The van der Waals surface area contributed by atoms with E-state index < -0.39 is 5.60 Å². The van der Waals surface area contributed by atoms with Crippen molar-refractivity contribution in [1.82, 2.24) is 4.90 Å². The van der Waals surface area contributed by atoms with Crippen LogP contribution in [0.25, 0.3) is 0 Å². The molecule has 6 nitrogen and oxygen atoms in total. The number of fused-ring (bicyclic) bond motifs is 1. The van der Waals surface area contributed by atoms with Gasteiger partial charge in [-0.05, 0) is 61.2 Å². The van der Waals surface area contributed by atoms with Gasteiger partial charge < -0.3 is 19.9 Å². The van der Waals surface area contributed by atoms with E-state index in [1.54, 1.807) is 13.2 Å². The summed E-state index contributed by atoms with van der Waals surface area (Å²) in [4.78, 5) is 15.2. The maximum Gasteiger partial charge on any atom is 0.238 e. The second-order valence-corrected chi connectivity index (χ2v) is 9.07. The first-order valence-electron chi connectivity index (χ1n) is 11.8. The number of hydrogen-bond donors (Lipinski definition) is 2. The summed E-state index contributed by atoms with van der Waals surface area (Å²) in [6.07, 6.45) is 6.39. The predicted molar refractivity (Wildman–Crippen MR) is 130 cm³/mol. The Kier molecular flexibility index (Phi) is 7.36. The van der Waals surface area contributed by atoms with Crippen LogP contribution >= 0.6 is 0 Å². The van der Waals surface area contributed by atoms with Crippen molar-refractivity contribution in [3.05, 3.63) is 66.7 Å². The summed E-state index contributed by atoms with van der Waals surface area (Å²) < 4.78 is 10.8. The first-order chi connectivity index (χ1) is 16.0. The molecule has 6 heteroatoms. The summed E-state index contributed by atoms with van der Waals surface area (Å²) in [5.41, 5.74) is 1.19. The number of ether oxygens (including phenoxy) is 2. The normalized spacial score (nSPS) is 25.0. The summed E-state index contributed by atoms with van der Waals surface area (Å²) in [7, 11) is 1.62. The van der Waals surface area contributed by atoms with Crippen LogP contribution in [0.4, 0.5) is 5.69 Å². The van der Waals surface area contributed by atoms with Crippen LogP contribution in [0.1, 0.15) is 43.7 Å². The van der Waals surface area contributed by atoms with Crippen molar-refractivity contribution in [2.24, 2.45) is 5.92 Å². The maximum atomic E-state index is 12.9. The number of benzene rings is 2. The Labute approximate surface area is 196 Å². The summed E-state index contributed by atoms with van der Waals surface area (Å²) in [6, 6.07) is 15.4. The zero-order chi connectivity index (χ0) is 23.3. The van der Waals surface area contributed by atoms with E-state index in [0.29, 0.717) is 19.6 Å². The van der Waals surface area contributed by atoms with Gasteiger partial charge in [0.05, 0.1) is 19.3 Å². The Morgan fingerprint density at radius 1 is 1.15 bits per heavy atom. The number of hydrogen-bond acceptors (Lipinski definition) is 5. The Morgan fingerprint density at radius 2 is 1.88 bits per heavy atom. The van der Waals surface area contributed by atoms with Gasteiger partial charge in [0.25, 0.3) is 0 Å². The summed E-state index contributed by atoms with van der Waals surface area (Å²) in [6.45, 7) is 5.11. The molecule has 2 aliphatic rings. The van der Waals surface area contributed by atoms with E-state index in [2.05, 4.69) is 28.9 Å². The average Bonchev–Trinajstić information content (AvgIpc) is 2.83. The number of amides is 1. The van der Waals surface area contributed by atoms with Crippen LogP contribution in [0.15, 0.2) is 61.2 Å². The van der Waals surface area contributed by atoms with E-state index in [4.69, 9.17) is 9.47 Å². The van der Waals surface area contributed by atoms with Gasteiger partial charge in [-0.3, -0.25) is 9.69 Å². The Balaban J connectivity index is 1.53. The van der Waals surface area contributed by atoms with Crippen LogP contribution in [-0.4, -0.2) is 48.3 Å². The van der Waals surface area contributed by atoms with Crippen molar-refractivity contribution < 1.29 is 19.4 Å². The fourth-order valence-electron chi connectivity index (χ4n) is 5.34. The first kappa shape index (κ1) is 23.3. The minimum Gasteiger partial charge on any atom is -0.497 e. The van der Waals surface area contributed by atoms with E-state index in [1.807, 2.05) is 36.4 Å². The third kappa shape index (κ3) is 5.40. The molecule has 1 aliphatic carbocycles. The predicted octanol–water partition coefficient (Wildman–Crippen LogP) is 4.57. The van der Waals surface area contributed by atoms with Gasteiger partial charge in [0.15, 0.2) is 0 Å². The maximum absolute atomic E-state index is 12.9. The highest BCUT2D eigenvalue weighted by atomic mass is 16.5. The number of likely N-dealkylation sites (tertiary alicyclic amines) is 1. The van der Waals surface area contributed by atoms with Crippen molar-refractivity contribution in [2.75, 3.05) is 32.1 Å². The number of nitrogens with one attached hydrogen (secondary N) is 1. The highest BCUT2D eigenvalue weighted by Crippen LogP contribution is 2.49. The molecule has 33 heavy (non-hydrogen) atoms. The molecule has 1 aliphatic heterocycles. The van der Waals surface area contributed by atoms with Gasteiger partial charge >= 0.3 is 0 Å². The molecule has 0 radical (unpaired) electrons. The molecule has 176 valence electrons. The molecule has 4 rings (SSSR count). The fraction of sp³-hybridized carbons (Fsp3) is 0.444. The first-order valence-corrected chi connectivity index (χ1v) is 11.8. The quantitative estimate of drug-likeness (QED) is 0.577. The molecule has 1 saturated carbocycles. The van der Waals surface area contributed by atoms with Gasteiger partial charge in [0.1, 0.15) is 18.1 Å². The van der Waals surface area contributed by atoms with E-state index in [-0.39, 0.29) is 24.4 Å². The topological polar surface area (TPSA) is 71.0 Å². The molecule has 0 spiro atoms. The number of aliphatic hydroxyl groups is 1. The van der Waals surface area contributed by atoms with Gasteiger partial charge in [0, 0.05) is 24.2 Å². The minimum absolute atomic E-state index is 0.0147. The molecule has 0 aromatic heterocycles. The smallest absolute Gasteiger partial charge is 0.238 e. The summed E-state index contributed by atoms with van der Waals surface area (Å²) in [5.74, 6) is 1.59. The van der Waals surface area contributed by atoms with Gasteiger partial charge in [-0.1, -0.05) is 37.6 Å². The van der Waals surface area contributed by atoms with Crippen molar-refractivity contribution in [2.45, 2.75) is 43.7 Å². The van der Waals surface area contributed by atoms with Gasteiger partial charge in [0.2, 0.25) is 5.91 Å². The zero-order valence-electron chi connectivity index (χ0n) is 19.3. The third-order valence-electron chi connectivity index (χ3n) is 6.98. The highest BCUT2D eigenvalue weighted by molar-refractivity contribution is 5.92. The van der Waals surface area contributed by atoms with Crippen molar-refractivity contribution >= 4 is 11.6 Å². The molecule has 0 bridgehead atoms. The van der Waals surface area contributed by atoms with E-state index in [1.165, 1.54) is 0 Å². The number of carbonyl (C=O) groups is 1. The monoisotopic (exact) mass is 450 g/mol. The summed E-state index contributed by atoms with van der Waals surface area (Å²) in [5, 5.41) is 14.5. The molecule has 1 saturated heterocycles. The second-order valence-electron chi connectivity index (χ2n) is 9.07. The SMILES string of the molecule is C=CCOc1ccc([C@H]2[C@@H]3CCCC[C@]3(O)CCN2CC(=O)Nc2ccc(OC)cc2)cc1. The molecule has 3 atom stereocenters. The number of anilines is 1. The number of carbonyl (C=O) groups excluding carboxylic acids is 1. The molecule has 2 aromatic carbocycles. The minimum atomic E-state index is -0.663. The van der Waals surface area contributed by atoms with Crippen LogP contribution in [0.3, 0.4) is 0 Å². The lowest BCUT2D eigenvalue weighted by molar-refractivity contribution is -0.135. The van der Waals surface area contributed by atoms with Gasteiger partial charge in [-0.25, -0.2) is 0 Å². The lowest BCUT2D eigenvalue weighted by Gasteiger charge is -2.52. The van der Waals surface area contributed by atoms with Crippen LogP contribution in [0.5, 0.6) is 11.5 Å². The second kappa shape index (κ2) is 10.4. The molecular formula is C27H34N2O4. The largest absolute Gasteiger partial charge is 0.497 e. The average molecular weight is 451 g/mol. The molecular weight excluding hydrogens is 416 g/mol. The van der Waals surface area contributed by atoms with Crippen LogP contribution < -0.4 is 14.8 Å². The Morgan fingerprint density at radius 3 is 2.58 bits per heavy atom. The molecule has 0 unspecified atom stereocenters. The van der Waals surface area contributed by atoms with Crippen molar-refractivity contribution in [3.8, 4) is 11.5 Å². The lowest BCUT2D eigenvalue weighted by Crippen LogP contribution is -2.56. The van der Waals surface area contributed by atoms with Crippen molar-refractivity contribution in [1.29, 1.82) is 0 Å². The Bertz CT molecular complexity index is 944. The van der Waals surface area contributed by atoms with E-state index >= 15 is 0 Å². The van der Waals surface area contributed by atoms with Crippen LogP contribution in [0.2, 0.25) is 0 Å². The van der Waals surface area contributed by atoms with Crippen LogP contribution in [-0.2, 0) is 4.79 Å². The third-order valence-corrected chi connectivity index (χ3v) is 6.98. The molecule has 2 aromatic rings. The molecule has 2 N–H and O–H groups in total. The highest BCUT2D eigenvalue weighted by Gasteiger charge is 2.49. The van der Waals surface area contributed by atoms with E-state index in [0.717, 1.165) is 48.4 Å². The number of methoxy groups -OCH3 is 1. The standard InChI is InChI=1S/C27H34N2O4/c1-3-18-33-23-11-7-20(8-12-23)26-24-6-4-5-15-27(24,31)16-17-29(26)19-25(30)28-21-9-13-22(32-2)14-10-21/h3,7-14,24,26,31H,1,4-6,15-19H2,2H3,(H,28,30)/t24-,26-,27-/m0/s1. The molecule has 1 amide bonds. The van der Waals surface area contributed by atoms with E-state index in [9.17, 15) is 9.90 Å². The lowest BCUT2D eigenvalue weighted by atomic mass is 9.66. The van der Waals surface area contributed by atoms with Gasteiger partial charge in [-0.2, -0.15) is 0 Å². The van der Waals surface area contributed by atoms with Crippen molar-refractivity contribution in [3.63, 3.8) is 0 Å². The molecule has 2 fully saturated rings. The fourth-order valence-corrected chi connectivity index (χ4v) is 5.34. The van der Waals surface area contributed by atoms with Gasteiger partial charge in [-0.15, -0.1) is 0 Å². The number of piperidine rings is 1.